The first kappa shape index (κ1) is 19.3. The van der Waals surface area contributed by atoms with Crippen LogP contribution in [0.15, 0.2) is 58.4 Å². The first-order valence-electron chi connectivity index (χ1n) is 8.18. The van der Waals surface area contributed by atoms with Crippen molar-refractivity contribution in [3.8, 4) is 0 Å². The van der Waals surface area contributed by atoms with Crippen LogP contribution in [0.2, 0.25) is 0 Å². The lowest BCUT2D eigenvalue weighted by Gasteiger charge is -2.04. The first-order valence-corrected chi connectivity index (χ1v) is 9.98. The normalized spacial score (nSPS) is 11.7. The van der Waals surface area contributed by atoms with Crippen LogP contribution in [0.1, 0.15) is 6.42 Å². The fourth-order valence-electron chi connectivity index (χ4n) is 2.45. The Bertz CT molecular complexity index is 1030. The zero-order valence-corrected chi connectivity index (χ0v) is 16.2. The Labute approximate surface area is 163 Å². The number of benzene rings is 2. The molecule has 0 radical (unpaired) electrons. The van der Waals surface area contributed by atoms with Crippen molar-refractivity contribution >= 4 is 45.2 Å². The van der Waals surface area contributed by atoms with Gasteiger partial charge in [0.15, 0.2) is 4.80 Å². The molecule has 0 saturated carbocycles. The largest absolute Gasteiger partial charge is 0.469 e. The molecule has 0 N–H and O–H groups in total. The van der Waals surface area contributed by atoms with Gasteiger partial charge in [-0.3, -0.25) is 9.59 Å². The van der Waals surface area contributed by atoms with Gasteiger partial charge in [-0.15, -0.1) is 11.8 Å². The van der Waals surface area contributed by atoms with Crippen LogP contribution >= 0.6 is 23.1 Å². The molecule has 0 bridgehead atoms. The molecule has 1 amide bonds. The lowest BCUT2D eigenvalue weighted by Crippen LogP contribution is -2.19. The standard InChI is InChI=1S/C19H17FN2O3S2/c1-25-18(24)9-10-22-15-8-7-13(20)11-16(15)27-19(22)21-17(23)12-26-14-5-3-2-4-6-14/h2-8,11H,9-10,12H2,1H3. The lowest BCUT2D eigenvalue weighted by atomic mass is 10.3. The molecule has 3 rings (SSSR count). The van der Waals surface area contributed by atoms with E-state index >= 15 is 0 Å². The van der Waals surface area contributed by atoms with Gasteiger partial charge in [-0.2, -0.15) is 4.99 Å². The SMILES string of the molecule is COC(=O)CCn1c(=NC(=O)CSc2ccccc2)sc2cc(F)ccc21. The van der Waals surface area contributed by atoms with Crippen molar-refractivity contribution in [3.05, 3.63) is 59.1 Å². The fraction of sp³-hybridized carbons (Fsp3) is 0.211. The summed E-state index contributed by atoms with van der Waals surface area (Å²) >= 11 is 2.62. The molecule has 0 unspecified atom stereocenters. The highest BCUT2D eigenvalue weighted by molar-refractivity contribution is 8.00. The highest BCUT2D eigenvalue weighted by Crippen LogP contribution is 2.20. The molecule has 2 aromatic carbocycles. The third kappa shape index (κ3) is 5.05. The number of hydrogen-bond donors (Lipinski definition) is 0. The number of ether oxygens (including phenoxy) is 1. The number of amides is 1. The number of carbonyl (C=O) groups excluding carboxylic acids is 2. The molecule has 27 heavy (non-hydrogen) atoms. The number of fused-ring (bicyclic) bond motifs is 1. The summed E-state index contributed by atoms with van der Waals surface area (Å²) in [6.45, 7) is 0.302. The van der Waals surface area contributed by atoms with Crippen molar-refractivity contribution in [3.63, 3.8) is 0 Å². The van der Waals surface area contributed by atoms with Crippen LogP contribution in [-0.2, 0) is 20.9 Å². The zero-order chi connectivity index (χ0) is 19.2. The number of aryl methyl sites for hydroxylation is 1. The van der Waals surface area contributed by atoms with Gasteiger partial charge in [0.05, 0.1) is 29.5 Å². The maximum atomic E-state index is 13.5. The summed E-state index contributed by atoms with van der Waals surface area (Å²) in [4.78, 5) is 29.4. The van der Waals surface area contributed by atoms with Crippen LogP contribution in [0.4, 0.5) is 4.39 Å². The molecule has 0 saturated heterocycles. The van der Waals surface area contributed by atoms with Crippen molar-refractivity contribution in [2.45, 2.75) is 17.9 Å². The van der Waals surface area contributed by atoms with Crippen molar-refractivity contribution in [2.24, 2.45) is 4.99 Å². The highest BCUT2D eigenvalue weighted by atomic mass is 32.2. The molecule has 0 spiro atoms. The Kier molecular flexibility index (Phi) is 6.41. The van der Waals surface area contributed by atoms with Gasteiger partial charge in [0.1, 0.15) is 5.82 Å². The van der Waals surface area contributed by atoms with Crippen molar-refractivity contribution < 1.29 is 18.7 Å². The second kappa shape index (κ2) is 8.96. The quantitative estimate of drug-likeness (QED) is 0.465. The Morgan fingerprint density at radius 2 is 2.00 bits per heavy atom. The number of thioether (sulfide) groups is 1. The molecule has 0 aliphatic carbocycles. The Hall–Kier alpha value is -2.45. The third-order valence-corrected chi connectivity index (χ3v) is 5.78. The maximum absolute atomic E-state index is 13.5. The van der Waals surface area contributed by atoms with Crippen LogP contribution < -0.4 is 4.80 Å². The first-order chi connectivity index (χ1) is 13.1. The summed E-state index contributed by atoms with van der Waals surface area (Å²) in [6, 6.07) is 14.0. The number of methoxy groups -OCH3 is 1. The van der Waals surface area contributed by atoms with Crippen LogP contribution in [0.3, 0.4) is 0 Å². The van der Waals surface area contributed by atoms with Crippen LogP contribution in [0, 0.1) is 5.82 Å². The van der Waals surface area contributed by atoms with E-state index in [2.05, 4.69) is 9.73 Å². The van der Waals surface area contributed by atoms with Crippen molar-refractivity contribution in [1.82, 2.24) is 4.57 Å². The number of thiazole rings is 1. The lowest BCUT2D eigenvalue weighted by molar-refractivity contribution is -0.140. The second-order valence-corrected chi connectivity index (χ2v) is 7.64. The maximum Gasteiger partial charge on any atom is 0.307 e. The van der Waals surface area contributed by atoms with Gasteiger partial charge in [-0.1, -0.05) is 29.5 Å². The summed E-state index contributed by atoms with van der Waals surface area (Å²) in [5.41, 5.74) is 0.729. The summed E-state index contributed by atoms with van der Waals surface area (Å²) in [6.07, 6.45) is 0.139. The predicted octanol–water partition coefficient (Wildman–Crippen LogP) is 3.62. The molecule has 1 heterocycles. The second-order valence-electron chi connectivity index (χ2n) is 5.58. The Morgan fingerprint density at radius 3 is 2.74 bits per heavy atom. The molecule has 5 nitrogen and oxygen atoms in total. The molecule has 0 fully saturated rings. The van der Waals surface area contributed by atoms with Gasteiger partial charge < -0.3 is 9.30 Å². The van der Waals surface area contributed by atoms with E-state index in [9.17, 15) is 14.0 Å². The fourth-order valence-corrected chi connectivity index (χ4v) is 4.26. The molecule has 1 aromatic heterocycles. The molecule has 0 atom stereocenters. The molecule has 8 heteroatoms. The van der Waals surface area contributed by atoms with Gasteiger partial charge in [0.2, 0.25) is 0 Å². The summed E-state index contributed by atoms with van der Waals surface area (Å²) in [5, 5.41) is 0. The molecular weight excluding hydrogens is 387 g/mol. The summed E-state index contributed by atoms with van der Waals surface area (Å²) in [7, 11) is 1.32. The van der Waals surface area contributed by atoms with Crippen LogP contribution in [-0.4, -0.2) is 29.3 Å². The molecule has 0 aliphatic heterocycles. The minimum Gasteiger partial charge on any atom is -0.469 e. The van der Waals surface area contributed by atoms with Crippen LogP contribution in [0.5, 0.6) is 0 Å². The minimum absolute atomic E-state index is 0.139. The Balaban J connectivity index is 1.87. The molecular formula is C19H17FN2O3S2. The molecule has 0 aliphatic rings. The monoisotopic (exact) mass is 404 g/mol. The van der Waals surface area contributed by atoms with E-state index in [0.717, 1.165) is 10.4 Å². The molecule has 3 aromatic rings. The number of nitrogens with zero attached hydrogens (tertiary/aromatic N) is 2. The van der Waals surface area contributed by atoms with Gasteiger partial charge in [0, 0.05) is 11.4 Å². The highest BCUT2D eigenvalue weighted by Gasteiger charge is 2.11. The number of aromatic nitrogens is 1. The van der Waals surface area contributed by atoms with Crippen molar-refractivity contribution in [1.29, 1.82) is 0 Å². The number of hydrogen-bond acceptors (Lipinski definition) is 5. The van der Waals surface area contributed by atoms with Gasteiger partial charge >= 0.3 is 5.97 Å². The van der Waals surface area contributed by atoms with Gasteiger partial charge in [0.25, 0.3) is 5.91 Å². The number of halogens is 1. The predicted molar refractivity (Wildman–Crippen MR) is 104 cm³/mol. The average molecular weight is 404 g/mol. The van der Waals surface area contributed by atoms with Crippen molar-refractivity contribution in [2.75, 3.05) is 12.9 Å². The topological polar surface area (TPSA) is 60.7 Å². The summed E-state index contributed by atoms with van der Waals surface area (Å²) < 4.78 is 20.6. The zero-order valence-electron chi connectivity index (χ0n) is 14.6. The smallest absolute Gasteiger partial charge is 0.307 e. The van der Waals surface area contributed by atoms with E-state index < -0.39 is 0 Å². The van der Waals surface area contributed by atoms with E-state index in [0.29, 0.717) is 16.0 Å². The van der Waals surface area contributed by atoms with Crippen LogP contribution in [0.25, 0.3) is 10.2 Å². The van der Waals surface area contributed by atoms with E-state index in [1.54, 1.807) is 10.6 Å². The number of rotatable bonds is 6. The minimum atomic E-state index is -0.360. The summed E-state index contributed by atoms with van der Waals surface area (Å²) in [5.74, 6) is -0.811. The van der Waals surface area contributed by atoms with Gasteiger partial charge in [-0.25, -0.2) is 4.39 Å². The number of esters is 1. The van der Waals surface area contributed by atoms with Gasteiger partial charge in [-0.05, 0) is 30.3 Å². The average Bonchev–Trinajstić information content (AvgIpc) is 3.01. The third-order valence-electron chi connectivity index (χ3n) is 3.74. The van der Waals surface area contributed by atoms with E-state index in [4.69, 9.17) is 0 Å². The van der Waals surface area contributed by atoms with E-state index in [1.807, 2.05) is 30.3 Å². The molecule has 140 valence electrons. The Morgan fingerprint density at radius 1 is 1.22 bits per heavy atom. The van der Waals surface area contributed by atoms with E-state index in [-0.39, 0.29) is 29.9 Å². The van der Waals surface area contributed by atoms with E-state index in [1.165, 1.54) is 42.3 Å². The number of carbonyl (C=O) groups is 2.